The molecular formula is C18H14ClFN2O2. The van der Waals surface area contributed by atoms with E-state index >= 15 is 0 Å². The minimum atomic E-state index is -0.544. The molecule has 0 saturated heterocycles. The van der Waals surface area contributed by atoms with E-state index in [9.17, 15) is 9.18 Å². The van der Waals surface area contributed by atoms with E-state index in [2.05, 4.69) is 5.10 Å². The van der Waals surface area contributed by atoms with Crippen molar-refractivity contribution in [2.75, 3.05) is 0 Å². The summed E-state index contributed by atoms with van der Waals surface area (Å²) in [5, 5.41) is 4.78. The molecule has 0 unspecified atom stereocenters. The molecule has 0 spiro atoms. The highest BCUT2D eigenvalue weighted by molar-refractivity contribution is 6.30. The Morgan fingerprint density at radius 3 is 2.50 bits per heavy atom. The molecule has 1 heterocycles. The molecule has 3 aromatic rings. The summed E-state index contributed by atoms with van der Waals surface area (Å²) < 4.78 is 19.8. The Balaban J connectivity index is 1.77. The van der Waals surface area contributed by atoms with Crippen molar-refractivity contribution in [3.05, 3.63) is 82.4 Å². The Bertz CT molecular complexity index is 861. The fraction of sp³-hybridized carbons (Fsp3) is 0.111. The van der Waals surface area contributed by atoms with E-state index in [1.165, 1.54) is 24.3 Å². The normalized spacial score (nSPS) is 10.6. The number of ether oxygens (including phenoxy) is 1. The zero-order valence-electron chi connectivity index (χ0n) is 12.9. The van der Waals surface area contributed by atoms with Gasteiger partial charge in [-0.3, -0.25) is 0 Å². The molecule has 2 aromatic carbocycles. The Labute approximate surface area is 143 Å². The highest BCUT2D eigenvalue weighted by Gasteiger charge is 2.17. The third kappa shape index (κ3) is 3.31. The van der Waals surface area contributed by atoms with Crippen molar-refractivity contribution in [2.24, 2.45) is 0 Å². The van der Waals surface area contributed by atoms with Crippen LogP contribution in [0.15, 0.2) is 54.6 Å². The number of para-hydroxylation sites is 1. The van der Waals surface area contributed by atoms with Crippen LogP contribution in [0.1, 0.15) is 21.6 Å². The molecule has 0 bridgehead atoms. The van der Waals surface area contributed by atoms with Gasteiger partial charge in [-0.05, 0) is 43.3 Å². The second-order valence-corrected chi connectivity index (χ2v) is 5.54. The number of nitrogens with zero attached hydrogens (tertiary/aromatic N) is 2. The van der Waals surface area contributed by atoms with E-state index in [4.69, 9.17) is 16.3 Å². The van der Waals surface area contributed by atoms with Crippen molar-refractivity contribution >= 4 is 17.6 Å². The summed E-state index contributed by atoms with van der Waals surface area (Å²) >= 11 is 6.37. The monoisotopic (exact) mass is 344 g/mol. The number of carbonyl (C=O) groups excluding carboxylic acids is 1. The molecule has 0 aliphatic carbocycles. The van der Waals surface area contributed by atoms with E-state index in [0.717, 1.165) is 5.69 Å². The SMILES string of the molecule is Cc1nn(-c2ccccc2)c(Cl)c1COC(=O)c1ccc(F)cc1. The maximum Gasteiger partial charge on any atom is 0.338 e. The van der Waals surface area contributed by atoms with Gasteiger partial charge in [0.05, 0.1) is 16.9 Å². The number of aromatic nitrogens is 2. The van der Waals surface area contributed by atoms with Crippen molar-refractivity contribution in [2.45, 2.75) is 13.5 Å². The number of rotatable bonds is 4. The van der Waals surface area contributed by atoms with Crippen LogP contribution in [0.5, 0.6) is 0 Å². The van der Waals surface area contributed by atoms with Gasteiger partial charge in [0.25, 0.3) is 0 Å². The van der Waals surface area contributed by atoms with Gasteiger partial charge < -0.3 is 4.74 Å². The smallest absolute Gasteiger partial charge is 0.338 e. The number of halogens is 2. The molecule has 0 aliphatic heterocycles. The summed E-state index contributed by atoms with van der Waals surface area (Å²) in [7, 11) is 0. The Morgan fingerprint density at radius 2 is 1.83 bits per heavy atom. The van der Waals surface area contributed by atoms with Crippen molar-refractivity contribution in [1.82, 2.24) is 9.78 Å². The zero-order chi connectivity index (χ0) is 17.1. The van der Waals surface area contributed by atoms with E-state index < -0.39 is 11.8 Å². The molecule has 0 radical (unpaired) electrons. The first-order chi connectivity index (χ1) is 11.6. The first-order valence-electron chi connectivity index (χ1n) is 7.28. The highest BCUT2D eigenvalue weighted by Crippen LogP contribution is 2.24. The highest BCUT2D eigenvalue weighted by atomic mass is 35.5. The van der Waals surface area contributed by atoms with Gasteiger partial charge in [0.1, 0.15) is 17.6 Å². The van der Waals surface area contributed by atoms with Crippen LogP contribution in [0.4, 0.5) is 4.39 Å². The number of carbonyl (C=O) groups is 1. The summed E-state index contributed by atoms with van der Waals surface area (Å²) in [4.78, 5) is 12.0. The van der Waals surface area contributed by atoms with Gasteiger partial charge in [0, 0.05) is 5.56 Å². The predicted octanol–water partition coefficient (Wildman–Crippen LogP) is 4.33. The van der Waals surface area contributed by atoms with Crippen LogP contribution < -0.4 is 0 Å². The van der Waals surface area contributed by atoms with Gasteiger partial charge in [-0.25, -0.2) is 13.9 Å². The van der Waals surface area contributed by atoms with Crippen molar-refractivity contribution in [3.63, 3.8) is 0 Å². The van der Waals surface area contributed by atoms with Crippen molar-refractivity contribution in [1.29, 1.82) is 0 Å². The Morgan fingerprint density at radius 1 is 1.17 bits per heavy atom. The lowest BCUT2D eigenvalue weighted by Crippen LogP contribution is -2.06. The topological polar surface area (TPSA) is 44.1 Å². The first kappa shape index (κ1) is 16.2. The molecule has 6 heteroatoms. The molecule has 0 atom stereocenters. The summed E-state index contributed by atoms with van der Waals surface area (Å²) in [6.07, 6.45) is 0. The average molecular weight is 345 g/mol. The van der Waals surface area contributed by atoms with Gasteiger partial charge in [-0.2, -0.15) is 5.10 Å². The van der Waals surface area contributed by atoms with Gasteiger partial charge >= 0.3 is 5.97 Å². The minimum absolute atomic E-state index is 0.00624. The molecule has 0 N–H and O–H groups in total. The van der Waals surface area contributed by atoms with E-state index in [-0.39, 0.29) is 12.2 Å². The number of hydrogen-bond acceptors (Lipinski definition) is 3. The summed E-state index contributed by atoms with van der Waals surface area (Å²) in [5.41, 5.74) is 2.41. The van der Waals surface area contributed by atoms with E-state index in [1.54, 1.807) is 11.6 Å². The number of hydrogen-bond donors (Lipinski definition) is 0. The van der Waals surface area contributed by atoms with Gasteiger partial charge in [0.2, 0.25) is 0 Å². The minimum Gasteiger partial charge on any atom is -0.457 e. The molecule has 0 aliphatic rings. The maximum atomic E-state index is 12.9. The summed E-state index contributed by atoms with van der Waals surface area (Å²) in [6.45, 7) is 1.79. The quantitative estimate of drug-likeness (QED) is 0.662. The Kier molecular flexibility index (Phi) is 4.62. The number of benzene rings is 2. The van der Waals surface area contributed by atoms with Gasteiger partial charge in [0.15, 0.2) is 0 Å². The number of aryl methyl sites for hydroxylation is 1. The van der Waals surface area contributed by atoms with Crippen molar-refractivity contribution < 1.29 is 13.9 Å². The van der Waals surface area contributed by atoms with Crippen LogP contribution in [0, 0.1) is 12.7 Å². The fourth-order valence-electron chi connectivity index (χ4n) is 2.24. The molecule has 4 nitrogen and oxygen atoms in total. The van der Waals surface area contributed by atoms with Crippen LogP contribution >= 0.6 is 11.6 Å². The lowest BCUT2D eigenvalue weighted by atomic mass is 10.2. The number of esters is 1. The summed E-state index contributed by atoms with van der Waals surface area (Å²) in [5.74, 6) is -0.951. The molecule has 0 saturated carbocycles. The lowest BCUT2D eigenvalue weighted by molar-refractivity contribution is 0.0472. The van der Waals surface area contributed by atoms with Crippen molar-refractivity contribution in [3.8, 4) is 5.69 Å². The van der Waals surface area contributed by atoms with Gasteiger partial charge in [-0.1, -0.05) is 29.8 Å². The lowest BCUT2D eigenvalue weighted by Gasteiger charge is -2.05. The second-order valence-electron chi connectivity index (χ2n) is 5.19. The van der Waals surface area contributed by atoms with Crippen LogP contribution in [0.2, 0.25) is 5.15 Å². The van der Waals surface area contributed by atoms with E-state index in [0.29, 0.717) is 16.4 Å². The maximum absolute atomic E-state index is 12.9. The third-order valence-corrected chi connectivity index (χ3v) is 3.94. The fourth-order valence-corrected chi connectivity index (χ4v) is 2.57. The van der Waals surface area contributed by atoms with Crippen LogP contribution in [-0.2, 0) is 11.3 Å². The third-order valence-electron chi connectivity index (χ3n) is 3.55. The molecule has 1 aromatic heterocycles. The Hall–Kier alpha value is -2.66. The molecule has 0 fully saturated rings. The second kappa shape index (κ2) is 6.84. The summed E-state index contributed by atoms with van der Waals surface area (Å²) in [6, 6.07) is 14.6. The predicted molar refractivity (Wildman–Crippen MR) is 88.8 cm³/mol. The standard InChI is InChI=1S/C18H14ClFN2O2/c1-12-16(11-24-18(23)13-7-9-14(20)10-8-13)17(19)22(21-12)15-5-3-2-4-6-15/h2-10H,11H2,1H3. The molecule has 3 rings (SSSR count). The van der Waals surface area contributed by atoms with Crippen LogP contribution in [0.25, 0.3) is 5.69 Å². The average Bonchev–Trinajstić information content (AvgIpc) is 2.88. The molecule has 122 valence electrons. The largest absolute Gasteiger partial charge is 0.457 e. The van der Waals surface area contributed by atoms with Crippen LogP contribution in [-0.4, -0.2) is 15.7 Å². The molecular weight excluding hydrogens is 331 g/mol. The van der Waals surface area contributed by atoms with E-state index in [1.807, 2.05) is 30.3 Å². The first-order valence-corrected chi connectivity index (χ1v) is 7.66. The van der Waals surface area contributed by atoms with Gasteiger partial charge in [-0.15, -0.1) is 0 Å². The zero-order valence-corrected chi connectivity index (χ0v) is 13.6. The molecule has 24 heavy (non-hydrogen) atoms. The molecule has 0 amide bonds. The van der Waals surface area contributed by atoms with Crippen LogP contribution in [0.3, 0.4) is 0 Å².